The van der Waals surface area contributed by atoms with Crippen LogP contribution < -0.4 is 5.32 Å². The van der Waals surface area contributed by atoms with Crippen LogP contribution in [-0.4, -0.2) is 47.9 Å². The number of rotatable bonds is 4. The van der Waals surface area contributed by atoms with E-state index >= 15 is 0 Å². The van der Waals surface area contributed by atoms with E-state index in [-0.39, 0.29) is 0 Å². The molecule has 1 N–H and O–H groups in total. The summed E-state index contributed by atoms with van der Waals surface area (Å²) in [6, 6.07) is 0.357. The Labute approximate surface area is 128 Å². The molecule has 0 atom stereocenters. The quantitative estimate of drug-likeness (QED) is 0.865. The summed E-state index contributed by atoms with van der Waals surface area (Å²) in [6.45, 7) is 3.91. The number of hydrogen-bond donors (Lipinski definition) is 1. The first kappa shape index (κ1) is 15.9. The Morgan fingerprint density at radius 3 is 2.45 bits per heavy atom. The third kappa shape index (κ3) is 3.60. The van der Waals surface area contributed by atoms with Gasteiger partial charge in [0.25, 0.3) is 0 Å². The maximum absolute atomic E-state index is 11.5. The molecule has 1 saturated heterocycles. The molecule has 0 unspecified atom stereocenters. The molecule has 0 spiro atoms. The Bertz CT molecular complexity index is 577. The molecule has 1 fully saturated rings. The zero-order chi connectivity index (χ0) is 14.9. The Balaban J connectivity index is 1.88. The van der Waals surface area contributed by atoms with E-state index in [4.69, 9.17) is 0 Å². The number of sulfonamides is 1. The molecule has 0 aliphatic carbocycles. The second-order valence-corrected chi connectivity index (χ2v) is 8.06. The van der Waals surface area contributed by atoms with Gasteiger partial charge in [-0.2, -0.15) is 5.10 Å². The summed E-state index contributed by atoms with van der Waals surface area (Å²) in [7, 11) is -1.11. The third-order valence-electron chi connectivity index (χ3n) is 3.74. The summed E-state index contributed by atoms with van der Waals surface area (Å²) in [6.07, 6.45) is 2.97. The van der Waals surface area contributed by atoms with Gasteiger partial charge in [-0.3, -0.25) is 4.68 Å². The van der Waals surface area contributed by atoms with Crippen molar-refractivity contribution in [2.45, 2.75) is 32.4 Å². The molecule has 1 aliphatic heterocycles. The molecule has 0 saturated carbocycles. The van der Waals surface area contributed by atoms with Crippen LogP contribution in [-0.2, 0) is 23.6 Å². The van der Waals surface area contributed by atoms with Crippen molar-refractivity contribution in [1.29, 1.82) is 0 Å². The molecule has 2 heterocycles. The van der Waals surface area contributed by atoms with Gasteiger partial charge in [0.05, 0.1) is 22.1 Å². The molecule has 1 aliphatic rings. The van der Waals surface area contributed by atoms with E-state index in [9.17, 15) is 8.42 Å². The minimum Gasteiger partial charge on any atom is -0.308 e. The summed E-state index contributed by atoms with van der Waals surface area (Å²) < 4.78 is 27.4. The van der Waals surface area contributed by atoms with Crippen molar-refractivity contribution in [2.24, 2.45) is 7.05 Å². The molecule has 6 nitrogen and oxygen atoms in total. The number of piperidine rings is 1. The molecule has 1 aromatic heterocycles. The van der Waals surface area contributed by atoms with Crippen LogP contribution in [0.1, 0.15) is 24.2 Å². The maximum Gasteiger partial charge on any atom is 0.211 e. The number of hydrogen-bond acceptors (Lipinski definition) is 4. The van der Waals surface area contributed by atoms with Gasteiger partial charge in [-0.05, 0) is 35.7 Å². The van der Waals surface area contributed by atoms with E-state index in [1.807, 2.05) is 18.7 Å². The molecule has 0 radical (unpaired) electrons. The van der Waals surface area contributed by atoms with Crippen LogP contribution in [0, 0.1) is 6.92 Å². The smallest absolute Gasteiger partial charge is 0.211 e. The lowest BCUT2D eigenvalue weighted by molar-refractivity contribution is 0.288. The van der Waals surface area contributed by atoms with Crippen LogP contribution in [0.2, 0.25) is 0 Å². The summed E-state index contributed by atoms with van der Waals surface area (Å²) in [5.41, 5.74) is 2.10. The maximum atomic E-state index is 11.5. The van der Waals surface area contributed by atoms with Gasteiger partial charge in [0.1, 0.15) is 0 Å². The summed E-state index contributed by atoms with van der Waals surface area (Å²) in [5, 5.41) is 7.85. The lowest BCUT2D eigenvalue weighted by Crippen LogP contribution is -2.44. The van der Waals surface area contributed by atoms with Gasteiger partial charge in [0.2, 0.25) is 10.0 Å². The van der Waals surface area contributed by atoms with Crippen molar-refractivity contribution >= 4 is 26.0 Å². The van der Waals surface area contributed by atoms with Gasteiger partial charge >= 0.3 is 0 Å². The van der Waals surface area contributed by atoms with Gasteiger partial charge < -0.3 is 5.32 Å². The van der Waals surface area contributed by atoms with Gasteiger partial charge in [0, 0.05) is 32.7 Å². The van der Waals surface area contributed by atoms with E-state index in [1.54, 1.807) is 4.31 Å². The highest BCUT2D eigenvalue weighted by Crippen LogP contribution is 2.21. The summed E-state index contributed by atoms with van der Waals surface area (Å²) >= 11 is 3.55. The van der Waals surface area contributed by atoms with Crippen LogP contribution in [0.25, 0.3) is 0 Å². The van der Waals surface area contributed by atoms with E-state index in [2.05, 4.69) is 26.3 Å². The highest BCUT2D eigenvalue weighted by Gasteiger charge is 2.24. The fraction of sp³-hybridized carbons (Fsp3) is 0.750. The third-order valence-corrected chi connectivity index (χ3v) is 6.08. The summed E-state index contributed by atoms with van der Waals surface area (Å²) in [4.78, 5) is 0. The van der Waals surface area contributed by atoms with Crippen molar-refractivity contribution < 1.29 is 8.42 Å². The fourth-order valence-corrected chi connectivity index (χ4v) is 3.85. The highest BCUT2D eigenvalue weighted by molar-refractivity contribution is 9.10. The van der Waals surface area contributed by atoms with Crippen molar-refractivity contribution in [3.8, 4) is 0 Å². The average Bonchev–Trinajstić information content (AvgIpc) is 2.61. The Hall–Kier alpha value is -0.440. The second kappa shape index (κ2) is 6.13. The van der Waals surface area contributed by atoms with Crippen molar-refractivity contribution in [3.05, 3.63) is 15.9 Å². The van der Waals surface area contributed by atoms with Crippen LogP contribution in [0.3, 0.4) is 0 Å². The zero-order valence-corrected chi connectivity index (χ0v) is 14.5. The lowest BCUT2D eigenvalue weighted by Gasteiger charge is -2.30. The molecule has 8 heteroatoms. The highest BCUT2D eigenvalue weighted by atomic mass is 79.9. The zero-order valence-electron chi connectivity index (χ0n) is 12.1. The van der Waals surface area contributed by atoms with E-state index < -0.39 is 10.0 Å². The number of aryl methyl sites for hydroxylation is 2. The normalized spacial score (nSPS) is 18.6. The molecule has 0 amide bonds. The van der Waals surface area contributed by atoms with Gasteiger partial charge in [-0.15, -0.1) is 0 Å². The largest absolute Gasteiger partial charge is 0.308 e. The van der Waals surface area contributed by atoms with Crippen LogP contribution in [0.5, 0.6) is 0 Å². The number of nitrogens with one attached hydrogen (secondary N) is 1. The summed E-state index contributed by atoms with van der Waals surface area (Å²) in [5.74, 6) is 0. The molecule has 0 bridgehead atoms. The van der Waals surface area contributed by atoms with Crippen LogP contribution in [0.4, 0.5) is 0 Å². The lowest BCUT2D eigenvalue weighted by atomic mass is 10.1. The molecule has 114 valence electrons. The first-order valence-corrected chi connectivity index (χ1v) is 9.29. The van der Waals surface area contributed by atoms with Crippen LogP contribution >= 0.6 is 15.9 Å². The number of aromatic nitrogens is 2. The minimum atomic E-state index is -3.04. The van der Waals surface area contributed by atoms with Crippen molar-refractivity contribution in [2.75, 3.05) is 19.3 Å². The average molecular weight is 365 g/mol. The molecule has 1 aromatic rings. The Morgan fingerprint density at radius 1 is 1.40 bits per heavy atom. The molecule has 2 rings (SSSR count). The first-order valence-electron chi connectivity index (χ1n) is 6.65. The SMILES string of the molecule is Cc1nn(C)c(CNC2CCN(S(C)(=O)=O)CC2)c1Br. The van der Waals surface area contributed by atoms with Gasteiger partial charge in [-0.1, -0.05) is 0 Å². The standard InChI is InChI=1S/C12H21BrN4O2S/c1-9-12(13)11(16(2)15-9)8-14-10-4-6-17(7-5-10)20(3,18)19/h10,14H,4-8H2,1-3H3. The van der Waals surface area contributed by atoms with E-state index in [1.165, 1.54) is 6.26 Å². The van der Waals surface area contributed by atoms with Crippen LogP contribution in [0.15, 0.2) is 4.47 Å². The van der Waals surface area contributed by atoms with Gasteiger partial charge in [0.15, 0.2) is 0 Å². The van der Waals surface area contributed by atoms with Gasteiger partial charge in [-0.25, -0.2) is 12.7 Å². The van der Waals surface area contributed by atoms with E-state index in [0.29, 0.717) is 19.1 Å². The second-order valence-electron chi connectivity index (χ2n) is 5.29. The van der Waals surface area contributed by atoms with Crippen molar-refractivity contribution in [3.63, 3.8) is 0 Å². The predicted molar refractivity (Wildman–Crippen MR) is 81.9 cm³/mol. The molecule has 20 heavy (non-hydrogen) atoms. The van der Waals surface area contributed by atoms with Crippen molar-refractivity contribution in [1.82, 2.24) is 19.4 Å². The molecular weight excluding hydrogens is 344 g/mol. The first-order chi connectivity index (χ1) is 9.29. The Kier molecular flexibility index (Phi) is 4.88. The topological polar surface area (TPSA) is 67.2 Å². The number of nitrogens with zero attached hydrogens (tertiary/aromatic N) is 3. The fourth-order valence-electron chi connectivity index (χ4n) is 2.50. The molecular formula is C12H21BrN4O2S. The predicted octanol–water partition coefficient (Wildman–Crippen LogP) is 1.00. The monoisotopic (exact) mass is 364 g/mol. The Morgan fingerprint density at radius 2 is 2.00 bits per heavy atom. The minimum absolute atomic E-state index is 0.357. The number of halogens is 1. The molecule has 0 aromatic carbocycles. The van der Waals surface area contributed by atoms with E-state index in [0.717, 1.165) is 35.2 Å².